The van der Waals surface area contributed by atoms with Crippen LogP contribution in [0.15, 0.2) is 35.2 Å². The summed E-state index contributed by atoms with van der Waals surface area (Å²) in [5.74, 6) is -0.152. The zero-order chi connectivity index (χ0) is 27.3. The number of likely N-dealkylation sites (tertiary alicyclic amines) is 1. The van der Waals surface area contributed by atoms with E-state index in [0.29, 0.717) is 68.1 Å². The molecule has 2 aliphatic heterocycles. The summed E-state index contributed by atoms with van der Waals surface area (Å²) in [6.45, 7) is 0.858. The summed E-state index contributed by atoms with van der Waals surface area (Å²) in [6, 6.07) is 8.96. The topological polar surface area (TPSA) is 160 Å². The van der Waals surface area contributed by atoms with Gasteiger partial charge in [0.05, 0.1) is 18.0 Å². The van der Waals surface area contributed by atoms with Crippen LogP contribution in [0.25, 0.3) is 10.8 Å². The predicted octanol–water partition coefficient (Wildman–Crippen LogP) is 1.11. The summed E-state index contributed by atoms with van der Waals surface area (Å²) in [5.41, 5.74) is 6.59. The van der Waals surface area contributed by atoms with Crippen LogP contribution >= 0.6 is 0 Å². The first-order valence-electron chi connectivity index (χ1n) is 13.0. The highest BCUT2D eigenvalue weighted by atomic mass is 32.2. The van der Waals surface area contributed by atoms with Gasteiger partial charge in [-0.2, -0.15) is 0 Å². The SMILES string of the molecule is N=C(N)N1CCC(c2cc3ccccc3c(CO)c2S(=O)(=O)N(CC=O)N2CCCCC2CNC=O)CC1. The van der Waals surface area contributed by atoms with Gasteiger partial charge in [-0.05, 0) is 54.0 Å². The molecule has 0 saturated carbocycles. The third-order valence-electron chi connectivity index (χ3n) is 7.65. The molecular formula is C26H36N6O5S. The van der Waals surface area contributed by atoms with Crippen LogP contribution in [0, 0.1) is 5.41 Å². The lowest BCUT2D eigenvalue weighted by molar-refractivity contribution is -0.113. The van der Waals surface area contributed by atoms with Crippen molar-refractivity contribution in [1.29, 1.82) is 5.41 Å². The Labute approximate surface area is 223 Å². The minimum Gasteiger partial charge on any atom is -0.392 e. The molecule has 1 unspecified atom stereocenters. The highest BCUT2D eigenvalue weighted by Crippen LogP contribution is 2.40. The number of carbonyl (C=O) groups excluding carboxylic acids is 2. The Morgan fingerprint density at radius 3 is 2.55 bits per heavy atom. The van der Waals surface area contributed by atoms with Gasteiger partial charge < -0.3 is 25.9 Å². The number of hydrogen-bond donors (Lipinski definition) is 4. The number of aliphatic hydroxyl groups excluding tert-OH is 1. The molecule has 2 aromatic rings. The van der Waals surface area contributed by atoms with Crippen molar-refractivity contribution >= 4 is 39.5 Å². The van der Waals surface area contributed by atoms with Gasteiger partial charge in [-0.1, -0.05) is 30.7 Å². The molecule has 38 heavy (non-hydrogen) atoms. The number of carbonyl (C=O) groups is 2. The minimum absolute atomic E-state index is 0.0110. The number of aliphatic hydroxyl groups is 1. The number of fused-ring (bicyclic) bond motifs is 1. The maximum atomic E-state index is 14.6. The fraction of sp³-hybridized carbons (Fsp3) is 0.500. The molecule has 1 amide bonds. The number of nitrogens with one attached hydrogen (secondary N) is 2. The van der Waals surface area contributed by atoms with Gasteiger partial charge in [0.2, 0.25) is 6.41 Å². The summed E-state index contributed by atoms with van der Waals surface area (Å²) in [6.07, 6.45) is 4.65. The van der Waals surface area contributed by atoms with Gasteiger partial charge in [-0.15, -0.1) is 4.41 Å². The largest absolute Gasteiger partial charge is 0.392 e. The van der Waals surface area contributed by atoms with E-state index >= 15 is 0 Å². The first kappa shape index (κ1) is 28.0. The second kappa shape index (κ2) is 12.2. The zero-order valence-corrected chi connectivity index (χ0v) is 22.2. The smallest absolute Gasteiger partial charge is 0.257 e. The first-order valence-corrected chi connectivity index (χ1v) is 14.4. The third kappa shape index (κ3) is 5.53. The molecule has 0 bridgehead atoms. The second-order valence-corrected chi connectivity index (χ2v) is 11.6. The van der Waals surface area contributed by atoms with Crippen molar-refractivity contribution in [2.75, 3.05) is 32.7 Å². The number of hydrogen-bond acceptors (Lipinski definition) is 7. The van der Waals surface area contributed by atoms with Crippen LogP contribution in [0.1, 0.15) is 49.1 Å². The number of sulfonamides is 1. The Morgan fingerprint density at radius 2 is 1.89 bits per heavy atom. The average Bonchev–Trinajstić information content (AvgIpc) is 2.93. The third-order valence-corrected chi connectivity index (χ3v) is 9.56. The van der Waals surface area contributed by atoms with Gasteiger partial charge in [0.1, 0.15) is 6.29 Å². The highest BCUT2D eigenvalue weighted by molar-refractivity contribution is 7.89. The maximum absolute atomic E-state index is 14.6. The fourth-order valence-corrected chi connectivity index (χ4v) is 7.77. The van der Waals surface area contributed by atoms with E-state index in [4.69, 9.17) is 11.1 Å². The average molecular weight is 545 g/mol. The van der Waals surface area contributed by atoms with Crippen LogP contribution < -0.4 is 11.1 Å². The Kier molecular flexibility index (Phi) is 8.98. The number of aldehydes is 1. The van der Waals surface area contributed by atoms with Crippen LogP contribution in [-0.4, -0.2) is 85.3 Å². The summed E-state index contributed by atoms with van der Waals surface area (Å²) in [5, 5.41) is 24.1. The van der Waals surface area contributed by atoms with Crippen molar-refractivity contribution in [3.05, 3.63) is 41.5 Å². The molecular weight excluding hydrogens is 508 g/mol. The van der Waals surface area contributed by atoms with Gasteiger partial charge in [-0.25, -0.2) is 13.4 Å². The Hall–Kier alpha value is -3.06. The lowest BCUT2D eigenvalue weighted by atomic mass is 9.86. The second-order valence-electron chi connectivity index (χ2n) is 9.81. The maximum Gasteiger partial charge on any atom is 0.257 e. The van der Waals surface area contributed by atoms with Gasteiger partial charge in [0.15, 0.2) is 5.96 Å². The highest BCUT2D eigenvalue weighted by Gasteiger charge is 2.39. The zero-order valence-electron chi connectivity index (χ0n) is 21.4. The van der Waals surface area contributed by atoms with Crippen molar-refractivity contribution < 1.29 is 23.1 Å². The number of benzene rings is 2. The van der Waals surface area contributed by atoms with Gasteiger partial charge >= 0.3 is 0 Å². The number of nitrogens with two attached hydrogens (primary N) is 1. The molecule has 2 saturated heterocycles. The number of piperidine rings is 2. The van der Waals surface area contributed by atoms with E-state index in [-0.39, 0.29) is 35.9 Å². The van der Waals surface area contributed by atoms with Crippen molar-refractivity contribution in [3.63, 3.8) is 0 Å². The standard InChI is InChI=1S/C26H36N6O5S/c27-26(28)30-11-8-19(9-12-30)23-15-20-5-1-2-7-22(20)24(17-34)25(23)38(36,37)32(13-14-33)31-10-4-3-6-21(31)16-29-18-35/h1-2,5,7,14-15,18-19,21,34H,3-4,6,8-13,16-17H2,(H3,27,28)(H,29,35). The van der Waals surface area contributed by atoms with Crippen molar-refractivity contribution in [3.8, 4) is 0 Å². The summed E-state index contributed by atoms with van der Waals surface area (Å²) in [4.78, 5) is 24.6. The molecule has 0 radical (unpaired) electrons. The molecule has 4 rings (SSSR count). The summed E-state index contributed by atoms with van der Waals surface area (Å²) < 4.78 is 30.3. The Balaban J connectivity index is 1.87. The first-order chi connectivity index (χ1) is 18.3. The monoisotopic (exact) mass is 544 g/mol. The molecule has 12 heteroatoms. The van der Waals surface area contributed by atoms with Crippen LogP contribution in [0.5, 0.6) is 0 Å². The molecule has 0 spiro atoms. The van der Waals surface area contributed by atoms with Crippen LogP contribution in [0.4, 0.5) is 0 Å². The van der Waals surface area contributed by atoms with Crippen molar-refractivity contribution in [2.45, 2.75) is 55.6 Å². The van der Waals surface area contributed by atoms with Crippen molar-refractivity contribution in [1.82, 2.24) is 19.6 Å². The lowest BCUT2D eigenvalue weighted by Crippen LogP contribution is -2.57. The molecule has 2 heterocycles. The van der Waals surface area contributed by atoms with Gasteiger partial charge in [-0.3, -0.25) is 10.2 Å². The van der Waals surface area contributed by atoms with E-state index in [1.165, 1.54) is 0 Å². The number of guanidine groups is 1. The molecule has 0 aromatic heterocycles. The molecule has 206 valence electrons. The Morgan fingerprint density at radius 1 is 1.16 bits per heavy atom. The van der Waals surface area contributed by atoms with E-state index in [2.05, 4.69) is 5.32 Å². The summed E-state index contributed by atoms with van der Waals surface area (Å²) >= 11 is 0. The number of rotatable bonds is 10. The molecule has 2 aliphatic rings. The fourth-order valence-electron chi connectivity index (χ4n) is 5.80. The molecule has 0 aliphatic carbocycles. The van der Waals surface area contributed by atoms with E-state index < -0.39 is 16.6 Å². The molecule has 2 fully saturated rings. The van der Waals surface area contributed by atoms with E-state index in [1.54, 1.807) is 22.0 Å². The summed E-state index contributed by atoms with van der Waals surface area (Å²) in [7, 11) is -4.29. The van der Waals surface area contributed by atoms with Crippen LogP contribution in [0.3, 0.4) is 0 Å². The van der Waals surface area contributed by atoms with E-state index in [1.807, 2.05) is 18.2 Å². The van der Waals surface area contributed by atoms with Crippen molar-refractivity contribution in [2.24, 2.45) is 5.73 Å². The minimum atomic E-state index is -4.29. The van der Waals surface area contributed by atoms with Gasteiger partial charge in [0, 0.05) is 37.8 Å². The number of nitrogens with zero attached hydrogens (tertiary/aromatic N) is 3. The molecule has 5 N–H and O–H groups in total. The van der Waals surface area contributed by atoms with E-state index in [0.717, 1.165) is 22.6 Å². The quantitative estimate of drug-likeness (QED) is 0.197. The lowest BCUT2D eigenvalue weighted by Gasteiger charge is -2.42. The van der Waals surface area contributed by atoms with E-state index in [9.17, 15) is 23.1 Å². The van der Waals surface area contributed by atoms with Crippen LogP contribution in [-0.2, 0) is 26.2 Å². The number of hydrazine groups is 1. The van der Waals surface area contributed by atoms with Gasteiger partial charge in [0.25, 0.3) is 10.0 Å². The van der Waals surface area contributed by atoms with Crippen LogP contribution in [0.2, 0.25) is 0 Å². The molecule has 11 nitrogen and oxygen atoms in total. The number of amides is 1. The molecule has 2 aromatic carbocycles. The predicted molar refractivity (Wildman–Crippen MR) is 144 cm³/mol. The molecule has 1 atom stereocenters. The normalized spacial score (nSPS) is 19.5. The Bertz CT molecular complexity index is 1280.